The third-order valence-electron chi connectivity index (χ3n) is 6.91. The van der Waals surface area contributed by atoms with Crippen LogP contribution in [0.25, 0.3) is 16.9 Å². The monoisotopic (exact) mass is 514 g/mol. The molecule has 0 aromatic heterocycles. The molecule has 1 aliphatic rings. The molecule has 0 radical (unpaired) electrons. The van der Waals surface area contributed by atoms with E-state index >= 15 is 0 Å². The summed E-state index contributed by atoms with van der Waals surface area (Å²) < 4.78 is 1.53. The van der Waals surface area contributed by atoms with Crippen molar-refractivity contribution in [3.8, 4) is 0 Å². The first-order valence-electron chi connectivity index (χ1n) is 13.5. The molecule has 0 fully saturated rings. The molecule has 3 heteroatoms. The summed E-state index contributed by atoms with van der Waals surface area (Å²) in [5, 5.41) is 0. The maximum Gasteiger partial charge on any atom is 0.211 e. The molecule has 0 N–H and O–H groups in total. The normalized spacial score (nSPS) is 13.6. The average molecular weight is 515 g/mol. The summed E-state index contributed by atoms with van der Waals surface area (Å²) in [6.45, 7) is 13.1. The zero-order chi connectivity index (χ0) is 24.7. The van der Waals surface area contributed by atoms with E-state index in [-0.39, 0.29) is 16.5 Å². The first-order chi connectivity index (χ1) is 16.3. The minimum absolute atomic E-state index is 0. The molecule has 0 aliphatic carbocycles. The van der Waals surface area contributed by atoms with Gasteiger partial charge in [-0.2, -0.15) is 0 Å². The Bertz CT molecular complexity index is 1050. The van der Waals surface area contributed by atoms with Gasteiger partial charge in [-0.3, -0.25) is 0 Å². The SMILES string of the molecule is CCCCCCCCC1=C(c2cc(C)cc(C)c2)[N+](=[N-])C(c2cc(C)cc(C)c2)=C1CCCC.[Ni]. The molecule has 0 spiro atoms. The van der Waals surface area contributed by atoms with Crippen molar-refractivity contribution >= 4 is 11.4 Å². The van der Waals surface area contributed by atoms with Crippen molar-refractivity contribution in [1.82, 2.24) is 0 Å². The van der Waals surface area contributed by atoms with Crippen LogP contribution in [0.2, 0.25) is 0 Å². The van der Waals surface area contributed by atoms with Crippen LogP contribution in [0.5, 0.6) is 0 Å². The first kappa shape index (κ1) is 29.2. The van der Waals surface area contributed by atoms with Crippen LogP contribution in [0.15, 0.2) is 47.5 Å². The molecule has 0 unspecified atom stereocenters. The quantitative estimate of drug-likeness (QED) is 0.153. The zero-order valence-electron chi connectivity index (χ0n) is 22.7. The van der Waals surface area contributed by atoms with Gasteiger partial charge < -0.3 is 5.53 Å². The third-order valence-corrected chi connectivity index (χ3v) is 6.91. The molecule has 2 nitrogen and oxygen atoms in total. The second-order valence-electron chi connectivity index (χ2n) is 10.3. The Kier molecular flexibility index (Phi) is 11.6. The van der Waals surface area contributed by atoms with E-state index in [0.717, 1.165) is 48.2 Å². The molecule has 35 heavy (non-hydrogen) atoms. The number of unbranched alkanes of at least 4 members (excludes halogenated alkanes) is 6. The third kappa shape index (κ3) is 7.50. The van der Waals surface area contributed by atoms with Crippen LogP contribution in [0.3, 0.4) is 0 Å². The van der Waals surface area contributed by atoms with Gasteiger partial charge in [0.05, 0.1) is 0 Å². The molecule has 0 amide bonds. The van der Waals surface area contributed by atoms with E-state index in [2.05, 4.69) is 77.9 Å². The van der Waals surface area contributed by atoms with E-state index < -0.39 is 0 Å². The van der Waals surface area contributed by atoms with Crippen molar-refractivity contribution in [1.29, 1.82) is 0 Å². The Morgan fingerprint density at radius 3 is 1.34 bits per heavy atom. The fraction of sp³-hybridized carbons (Fsp3) is 0.500. The standard InChI is InChI=1S/C32H44N2.Ni/c1-7-9-11-12-13-14-16-30-29(15-10-8-2)31(27-19-23(3)17-24(4)20-27)34(33)32(30)28-21-25(5)18-26(6)22-28;/h17-22H,7-16H2,1-6H3;. The molecule has 0 saturated carbocycles. The van der Waals surface area contributed by atoms with Gasteiger partial charge in [0.1, 0.15) is 0 Å². The first-order valence-corrected chi connectivity index (χ1v) is 13.5. The molecular weight excluding hydrogens is 471 g/mol. The molecule has 1 aliphatic heterocycles. The van der Waals surface area contributed by atoms with Crippen LogP contribution in [0, 0.1) is 27.7 Å². The van der Waals surface area contributed by atoms with Crippen LogP contribution in [-0.2, 0) is 16.5 Å². The maximum absolute atomic E-state index is 11.7. The van der Waals surface area contributed by atoms with Crippen molar-refractivity contribution in [2.45, 2.75) is 106 Å². The Balaban J connectivity index is 0.00000432. The predicted octanol–water partition coefficient (Wildman–Crippen LogP) is 10.0. The number of nitrogens with zero attached hydrogens (tertiary/aromatic N) is 2. The molecular formula is C32H44N2Ni. The molecule has 0 saturated heterocycles. The van der Waals surface area contributed by atoms with Crippen LogP contribution in [0.4, 0.5) is 0 Å². The maximum atomic E-state index is 11.7. The number of allylic oxidation sites excluding steroid dienone is 2. The largest absolute Gasteiger partial charge is 0.493 e. The molecule has 192 valence electrons. The summed E-state index contributed by atoms with van der Waals surface area (Å²) in [6, 6.07) is 13.3. The van der Waals surface area contributed by atoms with Gasteiger partial charge in [0, 0.05) is 38.8 Å². The summed E-state index contributed by atoms with van der Waals surface area (Å²) >= 11 is 0. The molecule has 3 rings (SSSR count). The van der Waals surface area contributed by atoms with Gasteiger partial charge >= 0.3 is 0 Å². The minimum atomic E-state index is 0. The van der Waals surface area contributed by atoms with E-state index in [1.165, 1.54) is 76.6 Å². The van der Waals surface area contributed by atoms with E-state index in [9.17, 15) is 5.53 Å². The minimum Gasteiger partial charge on any atom is -0.493 e. The van der Waals surface area contributed by atoms with Crippen LogP contribution >= 0.6 is 0 Å². The summed E-state index contributed by atoms with van der Waals surface area (Å²) in [5.41, 5.74) is 23.7. The van der Waals surface area contributed by atoms with Gasteiger partial charge in [-0.15, -0.1) is 0 Å². The van der Waals surface area contributed by atoms with Crippen LogP contribution in [-0.4, -0.2) is 4.70 Å². The Morgan fingerprint density at radius 1 is 0.543 bits per heavy atom. The number of benzene rings is 2. The number of aryl methyl sites for hydroxylation is 4. The molecule has 2 aromatic rings. The van der Waals surface area contributed by atoms with Crippen LogP contribution < -0.4 is 0 Å². The molecule has 2 aromatic carbocycles. The summed E-state index contributed by atoms with van der Waals surface area (Å²) in [5.74, 6) is 0. The van der Waals surface area contributed by atoms with Crippen molar-refractivity contribution in [2.24, 2.45) is 0 Å². The Hall–Kier alpha value is -1.99. The summed E-state index contributed by atoms with van der Waals surface area (Å²) in [7, 11) is 0. The van der Waals surface area contributed by atoms with Gasteiger partial charge in [-0.05, 0) is 77.6 Å². The second kappa shape index (κ2) is 13.9. The van der Waals surface area contributed by atoms with Crippen molar-refractivity contribution in [2.75, 3.05) is 0 Å². The Labute approximate surface area is 224 Å². The smallest absolute Gasteiger partial charge is 0.211 e. The van der Waals surface area contributed by atoms with Gasteiger partial charge in [-0.1, -0.05) is 86.8 Å². The molecule has 0 bridgehead atoms. The van der Waals surface area contributed by atoms with Gasteiger partial charge in [0.15, 0.2) is 0 Å². The van der Waals surface area contributed by atoms with E-state index in [0.29, 0.717) is 0 Å². The fourth-order valence-corrected chi connectivity index (χ4v) is 5.44. The average Bonchev–Trinajstić information content (AvgIpc) is 3.04. The zero-order valence-corrected chi connectivity index (χ0v) is 23.7. The van der Waals surface area contributed by atoms with Crippen molar-refractivity contribution < 1.29 is 21.2 Å². The fourth-order valence-electron chi connectivity index (χ4n) is 5.44. The van der Waals surface area contributed by atoms with E-state index in [1.54, 1.807) is 0 Å². The summed E-state index contributed by atoms with van der Waals surface area (Å²) in [6.07, 6.45) is 12.0. The van der Waals surface area contributed by atoms with E-state index in [1.807, 2.05) is 0 Å². The molecule has 0 atom stereocenters. The number of rotatable bonds is 12. The van der Waals surface area contributed by atoms with E-state index in [4.69, 9.17) is 0 Å². The number of hydrogen-bond acceptors (Lipinski definition) is 0. The Morgan fingerprint density at radius 2 is 0.914 bits per heavy atom. The van der Waals surface area contributed by atoms with Gasteiger partial charge in [-0.25, -0.2) is 4.70 Å². The van der Waals surface area contributed by atoms with Crippen LogP contribution in [0.1, 0.15) is 111 Å². The van der Waals surface area contributed by atoms with Gasteiger partial charge in [0.25, 0.3) is 0 Å². The van der Waals surface area contributed by atoms with Gasteiger partial charge in [0.2, 0.25) is 11.4 Å². The summed E-state index contributed by atoms with van der Waals surface area (Å²) in [4.78, 5) is 0. The molecule has 1 heterocycles. The van der Waals surface area contributed by atoms with Crippen molar-refractivity contribution in [3.05, 3.63) is 86.5 Å². The van der Waals surface area contributed by atoms with Crippen molar-refractivity contribution in [3.63, 3.8) is 0 Å². The number of hydrogen-bond donors (Lipinski definition) is 0. The topological polar surface area (TPSA) is 25.3 Å². The predicted molar refractivity (Wildman–Crippen MR) is 147 cm³/mol. The second-order valence-corrected chi connectivity index (χ2v) is 10.3.